The van der Waals surface area contributed by atoms with E-state index in [9.17, 15) is 4.79 Å². The summed E-state index contributed by atoms with van der Waals surface area (Å²) in [6.07, 6.45) is 3.16. The van der Waals surface area contributed by atoms with Gasteiger partial charge in [-0.05, 0) is 18.2 Å². The van der Waals surface area contributed by atoms with Crippen LogP contribution < -0.4 is 16.6 Å². The molecule has 5 nitrogen and oxygen atoms in total. The van der Waals surface area contributed by atoms with E-state index < -0.39 is 0 Å². The SMILES string of the molecule is NNc1ccccc1C(=O)NCc1ccoc1. The van der Waals surface area contributed by atoms with Crippen molar-refractivity contribution in [3.63, 3.8) is 0 Å². The molecule has 0 saturated carbocycles. The van der Waals surface area contributed by atoms with Gasteiger partial charge in [-0.25, -0.2) is 0 Å². The summed E-state index contributed by atoms with van der Waals surface area (Å²) < 4.78 is 4.91. The van der Waals surface area contributed by atoms with E-state index in [0.717, 1.165) is 5.56 Å². The largest absolute Gasteiger partial charge is 0.472 e. The Hall–Kier alpha value is -2.27. The average Bonchev–Trinajstić information content (AvgIpc) is 2.89. The number of carbonyl (C=O) groups is 1. The van der Waals surface area contributed by atoms with Crippen LogP contribution in [-0.4, -0.2) is 5.91 Å². The van der Waals surface area contributed by atoms with Crippen molar-refractivity contribution in [3.05, 3.63) is 54.0 Å². The van der Waals surface area contributed by atoms with Gasteiger partial charge in [0.1, 0.15) is 0 Å². The van der Waals surface area contributed by atoms with Crippen molar-refractivity contribution < 1.29 is 9.21 Å². The van der Waals surface area contributed by atoms with Crippen LogP contribution in [0.2, 0.25) is 0 Å². The lowest BCUT2D eigenvalue weighted by Crippen LogP contribution is -2.24. The molecule has 0 aliphatic rings. The number of rotatable bonds is 4. The van der Waals surface area contributed by atoms with Crippen molar-refractivity contribution in [1.29, 1.82) is 0 Å². The highest BCUT2D eigenvalue weighted by molar-refractivity contribution is 5.99. The van der Waals surface area contributed by atoms with Crippen LogP contribution in [0.3, 0.4) is 0 Å². The molecule has 5 heteroatoms. The Kier molecular flexibility index (Phi) is 3.42. The number of anilines is 1. The number of hydrazine groups is 1. The predicted octanol–water partition coefficient (Wildman–Crippen LogP) is 1.50. The molecular weight excluding hydrogens is 218 g/mol. The third-order valence-electron chi connectivity index (χ3n) is 2.36. The van der Waals surface area contributed by atoms with E-state index >= 15 is 0 Å². The molecule has 0 saturated heterocycles. The molecule has 1 amide bonds. The van der Waals surface area contributed by atoms with Crippen molar-refractivity contribution in [2.75, 3.05) is 5.43 Å². The van der Waals surface area contributed by atoms with Crippen molar-refractivity contribution >= 4 is 11.6 Å². The first kappa shape index (κ1) is 11.2. The van der Waals surface area contributed by atoms with Crippen molar-refractivity contribution in [1.82, 2.24) is 5.32 Å². The highest BCUT2D eigenvalue weighted by Gasteiger charge is 2.09. The van der Waals surface area contributed by atoms with Gasteiger partial charge in [-0.1, -0.05) is 12.1 Å². The number of nitrogens with two attached hydrogens (primary N) is 1. The van der Waals surface area contributed by atoms with Gasteiger partial charge in [0, 0.05) is 12.1 Å². The summed E-state index contributed by atoms with van der Waals surface area (Å²) in [5, 5.41) is 2.78. The number of benzene rings is 1. The van der Waals surface area contributed by atoms with E-state index in [1.807, 2.05) is 6.07 Å². The van der Waals surface area contributed by atoms with E-state index in [4.69, 9.17) is 10.3 Å². The number of hydrogen-bond acceptors (Lipinski definition) is 4. The maximum absolute atomic E-state index is 11.9. The summed E-state index contributed by atoms with van der Waals surface area (Å²) in [5.41, 5.74) is 4.51. The molecule has 0 bridgehead atoms. The summed E-state index contributed by atoms with van der Waals surface area (Å²) in [5.74, 6) is 5.15. The smallest absolute Gasteiger partial charge is 0.253 e. The fourth-order valence-corrected chi connectivity index (χ4v) is 1.48. The van der Waals surface area contributed by atoms with Gasteiger partial charge in [0.05, 0.1) is 23.8 Å². The van der Waals surface area contributed by atoms with E-state index in [2.05, 4.69) is 10.7 Å². The molecule has 88 valence electrons. The monoisotopic (exact) mass is 231 g/mol. The lowest BCUT2D eigenvalue weighted by Gasteiger charge is -2.08. The van der Waals surface area contributed by atoms with Crippen LogP contribution in [0.4, 0.5) is 5.69 Å². The zero-order valence-corrected chi connectivity index (χ0v) is 9.14. The molecule has 17 heavy (non-hydrogen) atoms. The number of nitrogen functional groups attached to an aromatic ring is 1. The Balaban J connectivity index is 2.04. The van der Waals surface area contributed by atoms with Gasteiger partial charge >= 0.3 is 0 Å². The van der Waals surface area contributed by atoms with E-state index in [-0.39, 0.29) is 5.91 Å². The normalized spacial score (nSPS) is 9.94. The molecule has 0 aliphatic heterocycles. The molecule has 0 fully saturated rings. The standard InChI is InChI=1S/C12H13N3O2/c13-15-11-4-2-1-3-10(11)12(16)14-7-9-5-6-17-8-9/h1-6,8,15H,7,13H2,(H,14,16). The molecule has 2 rings (SSSR count). The quantitative estimate of drug-likeness (QED) is 0.550. The Bertz CT molecular complexity index is 494. The molecule has 0 atom stereocenters. The van der Waals surface area contributed by atoms with Crippen LogP contribution in [0.15, 0.2) is 47.3 Å². The van der Waals surface area contributed by atoms with Crippen molar-refractivity contribution in [2.24, 2.45) is 5.84 Å². The molecule has 0 spiro atoms. The Labute approximate surface area is 98.6 Å². The van der Waals surface area contributed by atoms with Gasteiger partial charge in [0.15, 0.2) is 0 Å². The van der Waals surface area contributed by atoms with Crippen LogP contribution >= 0.6 is 0 Å². The number of hydrogen-bond donors (Lipinski definition) is 3. The van der Waals surface area contributed by atoms with E-state index in [1.54, 1.807) is 36.8 Å². The van der Waals surface area contributed by atoms with Gasteiger partial charge in [-0.2, -0.15) is 0 Å². The summed E-state index contributed by atoms with van der Waals surface area (Å²) in [6, 6.07) is 8.84. The molecular formula is C12H13N3O2. The molecule has 0 aliphatic carbocycles. The van der Waals surface area contributed by atoms with E-state index in [1.165, 1.54) is 0 Å². The minimum absolute atomic E-state index is 0.181. The molecule has 1 aromatic carbocycles. The van der Waals surface area contributed by atoms with Crippen LogP contribution in [0.1, 0.15) is 15.9 Å². The van der Waals surface area contributed by atoms with Gasteiger partial charge < -0.3 is 15.2 Å². The lowest BCUT2D eigenvalue weighted by molar-refractivity contribution is 0.0951. The van der Waals surface area contributed by atoms with Crippen molar-refractivity contribution in [3.8, 4) is 0 Å². The molecule has 0 radical (unpaired) electrons. The zero-order chi connectivity index (χ0) is 12.1. The first-order valence-corrected chi connectivity index (χ1v) is 5.16. The topological polar surface area (TPSA) is 80.3 Å². The fraction of sp³-hybridized carbons (Fsp3) is 0.0833. The number of furan rings is 1. The molecule has 1 aromatic heterocycles. The minimum atomic E-state index is -0.181. The number of carbonyl (C=O) groups excluding carboxylic acids is 1. The third-order valence-corrected chi connectivity index (χ3v) is 2.36. The van der Waals surface area contributed by atoms with E-state index in [0.29, 0.717) is 17.8 Å². The predicted molar refractivity (Wildman–Crippen MR) is 64.1 cm³/mol. The second kappa shape index (κ2) is 5.18. The number of para-hydroxylation sites is 1. The van der Waals surface area contributed by atoms with Gasteiger partial charge in [-0.3, -0.25) is 10.6 Å². The lowest BCUT2D eigenvalue weighted by atomic mass is 10.1. The summed E-state index contributed by atoms with van der Waals surface area (Å²) >= 11 is 0. The maximum atomic E-state index is 11.9. The first-order chi connectivity index (χ1) is 8.31. The summed E-state index contributed by atoms with van der Waals surface area (Å²) in [6.45, 7) is 0.425. The number of nitrogens with one attached hydrogen (secondary N) is 2. The summed E-state index contributed by atoms with van der Waals surface area (Å²) in [4.78, 5) is 11.9. The fourth-order valence-electron chi connectivity index (χ4n) is 1.48. The molecule has 4 N–H and O–H groups in total. The summed E-state index contributed by atoms with van der Waals surface area (Å²) in [7, 11) is 0. The third kappa shape index (κ3) is 2.64. The zero-order valence-electron chi connectivity index (χ0n) is 9.14. The van der Waals surface area contributed by atoms with Crippen molar-refractivity contribution in [2.45, 2.75) is 6.54 Å². The van der Waals surface area contributed by atoms with Gasteiger partial charge in [0.2, 0.25) is 0 Å². The van der Waals surface area contributed by atoms with Crippen LogP contribution in [-0.2, 0) is 6.54 Å². The Morgan fingerprint density at radius 2 is 2.12 bits per heavy atom. The maximum Gasteiger partial charge on any atom is 0.253 e. The average molecular weight is 231 g/mol. The van der Waals surface area contributed by atoms with Gasteiger partial charge in [-0.15, -0.1) is 0 Å². The minimum Gasteiger partial charge on any atom is -0.472 e. The van der Waals surface area contributed by atoms with Gasteiger partial charge in [0.25, 0.3) is 5.91 Å². The van der Waals surface area contributed by atoms with Crippen LogP contribution in [0.5, 0.6) is 0 Å². The highest BCUT2D eigenvalue weighted by atomic mass is 16.3. The second-order valence-electron chi connectivity index (χ2n) is 3.50. The number of amides is 1. The van der Waals surface area contributed by atoms with Crippen LogP contribution in [0.25, 0.3) is 0 Å². The Morgan fingerprint density at radius 1 is 1.29 bits per heavy atom. The molecule has 0 unspecified atom stereocenters. The second-order valence-corrected chi connectivity index (χ2v) is 3.50. The molecule has 2 aromatic rings. The molecule has 1 heterocycles. The highest BCUT2D eigenvalue weighted by Crippen LogP contribution is 2.13. The first-order valence-electron chi connectivity index (χ1n) is 5.16. The van der Waals surface area contributed by atoms with Crippen LogP contribution in [0, 0.1) is 0 Å². The Morgan fingerprint density at radius 3 is 2.82 bits per heavy atom.